The molecule has 1 aromatic rings. The molecule has 0 bridgehead atoms. The zero-order valence-corrected chi connectivity index (χ0v) is 14.2. The fourth-order valence-electron chi connectivity index (χ4n) is 2.95. The summed E-state index contributed by atoms with van der Waals surface area (Å²) in [5.74, 6) is -0.331. The Kier molecular flexibility index (Phi) is 6.22. The van der Waals surface area contributed by atoms with Crippen LogP contribution in [0.25, 0.3) is 6.08 Å². The Hall–Kier alpha value is -1.81. The van der Waals surface area contributed by atoms with E-state index in [-0.39, 0.29) is 11.8 Å². The number of amides is 2. The molecule has 1 aromatic carbocycles. The second-order valence-corrected chi connectivity index (χ2v) is 6.32. The summed E-state index contributed by atoms with van der Waals surface area (Å²) < 4.78 is 0. The third-order valence-corrected chi connectivity index (χ3v) is 4.35. The normalized spacial score (nSPS) is 17.0. The average Bonchev–Trinajstić information content (AvgIpc) is 2.54. The van der Waals surface area contributed by atoms with Crippen molar-refractivity contribution in [1.29, 1.82) is 0 Å². The van der Waals surface area contributed by atoms with Gasteiger partial charge in [-0.05, 0) is 43.5 Å². The van der Waals surface area contributed by atoms with Gasteiger partial charge < -0.3 is 10.6 Å². The van der Waals surface area contributed by atoms with Gasteiger partial charge in [0.05, 0.1) is 0 Å². The molecule has 1 fully saturated rings. The van der Waals surface area contributed by atoms with E-state index in [9.17, 15) is 9.59 Å². The third-order valence-electron chi connectivity index (χ3n) is 4.12. The van der Waals surface area contributed by atoms with Crippen molar-refractivity contribution in [2.24, 2.45) is 0 Å². The first-order valence-electron chi connectivity index (χ1n) is 8.10. The number of carbonyl (C=O) groups excluding carboxylic acids is 2. The van der Waals surface area contributed by atoms with Crippen molar-refractivity contribution in [3.63, 3.8) is 0 Å². The highest BCUT2D eigenvalue weighted by atomic mass is 35.5. The summed E-state index contributed by atoms with van der Waals surface area (Å²) in [5.41, 5.74) is 0.0765. The maximum atomic E-state index is 12.4. The Morgan fingerprint density at radius 1 is 1.26 bits per heavy atom. The molecule has 2 rings (SSSR count). The van der Waals surface area contributed by atoms with Gasteiger partial charge in [-0.1, -0.05) is 43.0 Å². The van der Waals surface area contributed by atoms with Gasteiger partial charge in [0, 0.05) is 17.6 Å². The number of nitrogens with one attached hydrogen (secondary N) is 2. The van der Waals surface area contributed by atoms with Crippen LogP contribution in [0.15, 0.2) is 30.3 Å². The van der Waals surface area contributed by atoms with Crippen molar-refractivity contribution in [1.82, 2.24) is 10.6 Å². The van der Waals surface area contributed by atoms with Crippen LogP contribution in [0.1, 0.15) is 44.6 Å². The second kappa shape index (κ2) is 8.16. The van der Waals surface area contributed by atoms with Crippen LogP contribution in [-0.2, 0) is 9.59 Å². The highest BCUT2D eigenvalue weighted by Crippen LogP contribution is 2.28. The number of benzene rings is 1. The minimum Gasteiger partial charge on any atom is -0.354 e. The van der Waals surface area contributed by atoms with Gasteiger partial charge in [-0.25, -0.2) is 0 Å². The zero-order chi connectivity index (χ0) is 16.7. The molecule has 23 heavy (non-hydrogen) atoms. The van der Waals surface area contributed by atoms with E-state index < -0.39 is 5.54 Å². The Bertz CT molecular complexity index is 592. The number of hydrogen-bond acceptors (Lipinski definition) is 2. The van der Waals surface area contributed by atoms with Crippen molar-refractivity contribution >= 4 is 29.5 Å². The molecule has 2 N–H and O–H groups in total. The first kappa shape index (κ1) is 17.5. The summed E-state index contributed by atoms with van der Waals surface area (Å²) in [5, 5.41) is 6.40. The fourth-order valence-corrected chi connectivity index (χ4v) is 3.15. The first-order chi connectivity index (χ1) is 11.1. The topological polar surface area (TPSA) is 58.2 Å². The van der Waals surface area contributed by atoms with E-state index in [0.29, 0.717) is 24.4 Å². The minimum atomic E-state index is -0.774. The molecule has 4 nitrogen and oxygen atoms in total. The van der Waals surface area contributed by atoms with E-state index in [2.05, 4.69) is 10.6 Å². The molecule has 0 saturated heterocycles. The molecule has 0 heterocycles. The van der Waals surface area contributed by atoms with Crippen LogP contribution in [-0.4, -0.2) is 23.9 Å². The smallest absolute Gasteiger partial charge is 0.245 e. The molecule has 1 saturated carbocycles. The Labute approximate surface area is 142 Å². The lowest BCUT2D eigenvalue weighted by Crippen LogP contribution is -2.59. The Balaban J connectivity index is 2.06. The van der Waals surface area contributed by atoms with Gasteiger partial charge in [0.1, 0.15) is 5.54 Å². The molecule has 0 aromatic heterocycles. The Morgan fingerprint density at radius 2 is 2.00 bits per heavy atom. The second-order valence-electron chi connectivity index (χ2n) is 5.88. The molecule has 0 aliphatic heterocycles. The summed E-state index contributed by atoms with van der Waals surface area (Å²) in [6.45, 7) is 2.45. The molecule has 2 amide bonds. The van der Waals surface area contributed by atoms with E-state index >= 15 is 0 Å². The van der Waals surface area contributed by atoms with Crippen molar-refractivity contribution in [3.05, 3.63) is 40.9 Å². The molecule has 0 unspecified atom stereocenters. The molecule has 0 spiro atoms. The first-order valence-corrected chi connectivity index (χ1v) is 8.48. The van der Waals surface area contributed by atoms with E-state index in [0.717, 1.165) is 24.8 Å². The fraction of sp³-hybridized carbons (Fsp3) is 0.444. The largest absolute Gasteiger partial charge is 0.354 e. The van der Waals surface area contributed by atoms with Crippen LogP contribution < -0.4 is 10.6 Å². The van der Waals surface area contributed by atoms with Gasteiger partial charge in [-0.15, -0.1) is 0 Å². The monoisotopic (exact) mass is 334 g/mol. The van der Waals surface area contributed by atoms with Crippen LogP contribution in [0, 0.1) is 0 Å². The van der Waals surface area contributed by atoms with Crippen LogP contribution >= 0.6 is 11.6 Å². The van der Waals surface area contributed by atoms with E-state index in [1.165, 1.54) is 6.08 Å². The van der Waals surface area contributed by atoms with Crippen LogP contribution in [0.3, 0.4) is 0 Å². The summed E-state index contributed by atoms with van der Waals surface area (Å²) in [6, 6.07) is 7.27. The molecule has 0 radical (unpaired) electrons. The number of likely N-dealkylation sites (N-methyl/N-ethyl adjacent to an activating group) is 1. The number of rotatable bonds is 5. The minimum absolute atomic E-state index is 0.0794. The average molecular weight is 335 g/mol. The maximum Gasteiger partial charge on any atom is 0.245 e. The molecular formula is C18H23ClN2O2. The molecule has 1 aliphatic carbocycles. The van der Waals surface area contributed by atoms with Gasteiger partial charge in [-0.2, -0.15) is 0 Å². The SMILES string of the molecule is CCNC(=O)C1(NC(=O)C=Cc2cccc(Cl)c2)CCCCC1. The summed E-state index contributed by atoms with van der Waals surface area (Å²) in [4.78, 5) is 24.7. The predicted molar refractivity (Wildman–Crippen MR) is 93.1 cm³/mol. The lowest BCUT2D eigenvalue weighted by atomic mass is 9.80. The van der Waals surface area contributed by atoms with Crippen molar-refractivity contribution in [3.8, 4) is 0 Å². The highest BCUT2D eigenvalue weighted by Gasteiger charge is 2.40. The zero-order valence-electron chi connectivity index (χ0n) is 13.4. The molecule has 1 aliphatic rings. The van der Waals surface area contributed by atoms with Crippen LogP contribution in [0.5, 0.6) is 0 Å². The number of halogens is 1. The van der Waals surface area contributed by atoms with Crippen molar-refractivity contribution in [2.45, 2.75) is 44.6 Å². The van der Waals surface area contributed by atoms with Gasteiger partial charge in [-0.3, -0.25) is 9.59 Å². The van der Waals surface area contributed by atoms with Gasteiger partial charge in [0.2, 0.25) is 11.8 Å². The predicted octanol–water partition coefficient (Wildman–Crippen LogP) is 3.31. The van der Waals surface area contributed by atoms with Crippen molar-refractivity contribution < 1.29 is 9.59 Å². The van der Waals surface area contributed by atoms with Gasteiger partial charge in [0.15, 0.2) is 0 Å². The molecular weight excluding hydrogens is 312 g/mol. The maximum absolute atomic E-state index is 12.4. The van der Waals surface area contributed by atoms with Crippen molar-refractivity contribution in [2.75, 3.05) is 6.54 Å². The standard InChI is InChI=1S/C18H23ClN2O2/c1-2-20-17(23)18(11-4-3-5-12-18)21-16(22)10-9-14-7-6-8-15(19)13-14/h6-10,13H,2-5,11-12H2,1H3,(H,20,23)(H,21,22). The Morgan fingerprint density at radius 3 is 2.65 bits per heavy atom. The highest BCUT2D eigenvalue weighted by molar-refractivity contribution is 6.30. The third kappa shape index (κ3) is 4.83. The summed E-state index contributed by atoms with van der Waals surface area (Å²) in [6.07, 6.45) is 7.56. The number of hydrogen-bond donors (Lipinski definition) is 2. The molecule has 124 valence electrons. The lowest BCUT2D eigenvalue weighted by molar-refractivity contribution is -0.133. The molecule has 5 heteroatoms. The quantitative estimate of drug-likeness (QED) is 0.812. The molecule has 0 atom stereocenters. The van der Waals surface area contributed by atoms with E-state index in [1.54, 1.807) is 18.2 Å². The van der Waals surface area contributed by atoms with Crippen LogP contribution in [0.2, 0.25) is 5.02 Å². The number of carbonyl (C=O) groups is 2. The van der Waals surface area contributed by atoms with Gasteiger partial charge >= 0.3 is 0 Å². The van der Waals surface area contributed by atoms with E-state index in [1.807, 2.05) is 19.1 Å². The lowest BCUT2D eigenvalue weighted by Gasteiger charge is -2.36. The van der Waals surface area contributed by atoms with Gasteiger partial charge in [0.25, 0.3) is 0 Å². The summed E-state index contributed by atoms with van der Waals surface area (Å²) >= 11 is 5.93. The van der Waals surface area contributed by atoms with Crippen LogP contribution in [0.4, 0.5) is 0 Å². The summed E-state index contributed by atoms with van der Waals surface area (Å²) in [7, 11) is 0. The van der Waals surface area contributed by atoms with E-state index in [4.69, 9.17) is 11.6 Å².